The Morgan fingerprint density at radius 3 is 2.70 bits per heavy atom. The standard InChI is InChI=1S/C18H24F3N5O/c1-12-5-4-6-14-16(12)13(9-24-14)7-8-23-17(22-2)25-10-15(27)26(3)11-18(19,20)21/h4-6,9,24H,7-8,10-11H2,1-3H3,(H2,22,23,25). The summed E-state index contributed by atoms with van der Waals surface area (Å²) in [6.07, 6.45) is -1.72. The number of H-pyrrole nitrogens is 1. The number of guanidine groups is 1. The molecule has 148 valence electrons. The second-order valence-electron chi connectivity index (χ2n) is 6.28. The highest BCUT2D eigenvalue weighted by molar-refractivity contribution is 5.87. The van der Waals surface area contributed by atoms with Gasteiger partial charge in [-0.1, -0.05) is 12.1 Å². The molecule has 0 saturated heterocycles. The van der Waals surface area contributed by atoms with E-state index in [9.17, 15) is 18.0 Å². The van der Waals surface area contributed by atoms with Crippen LogP contribution in [0.1, 0.15) is 11.1 Å². The lowest BCUT2D eigenvalue weighted by atomic mass is 10.1. The molecule has 0 aliphatic heterocycles. The maximum atomic E-state index is 12.3. The van der Waals surface area contributed by atoms with Crippen LogP contribution in [-0.4, -0.2) is 61.7 Å². The van der Waals surface area contributed by atoms with Gasteiger partial charge in [0, 0.05) is 37.7 Å². The number of carbonyl (C=O) groups excluding carboxylic acids is 1. The van der Waals surface area contributed by atoms with Crippen LogP contribution in [0.25, 0.3) is 10.9 Å². The lowest BCUT2D eigenvalue weighted by Crippen LogP contribution is -2.45. The number of fused-ring (bicyclic) bond motifs is 1. The molecule has 0 unspecified atom stereocenters. The van der Waals surface area contributed by atoms with Crippen LogP contribution in [0.5, 0.6) is 0 Å². The number of aromatic nitrogens is 1. The van der Waals surface area contributed by atoms with Crippen LogP contribution in [0.15, 0.2) is 29.4 Å². The molecule has 9 heteroatoms. The number of nitrogens with one attached hydrogen (secondary N) is 3. The summed E-state index contributed by atoms with van der Waals surface area (Å²) >= 11 is 0. The number of likely N-dealkylation sites (N-methyl/N-ethyl adjacent to an activating group) is 1. The highest BCUT2D eigenvalue weighted by Crippen LogP contribution is 2.22. The van der Waals surface area contributed by atoms with Crippen molar-refractivity contribution in [2.45, 2.75) is 19.5 Å². The van der Waals surface area contributed by atoms with Crippen molar-refractivity contribution in [2.75, 3.05) is 33.7 Å². The third-order valence-corrected chi connectivity index (χ3v) is 4.16. The number of halogens is 3. The van der Waals surface area contributed by atoms with Crippen molar-refractivity contribution < 1.29 is 18.0 Å². The molecule has 0 saturated carbocycles. The second kappa shape index (κ2) is 8.79. The molecule has 2 rings (SSSR count). The number of carbonyl (C=O) groups is 1. The average Bonchev–Trinajstić information content (AvgIpc) is 3.00. The van der Waals surface area contributed by atoms with Gasteiger partial charge in [-0.3, -0.25) is 9.79 Å². The predicted octanol–water partition coefficient (Wildman–Crippen LogP) is 2.20. The molecule has 0 bridgehead atoms. The lowest BCUT2D eigenvalue weighted by molar-refractivity contribution is -0.157. The number of hydrogen-bond donors (Lipinski definition) is 3. The van der Waals surface area contributed by atoms with Crippen molar-refractivity contribution in [3.05, 3.63) is 35.5 Å². The number of benzene rings is 1. The minimum atomic E-state index is -4.41. The van der Waals surface area contributed by atoms with Crippen molar-refractivity contribution >= 4 is 22.8 Å². The van der Waals surface area contributed by atoms with Gasteiger partial charge < -0.3 is 20.5 Å². The summed E-state index contributed by atoms with van der Waals surface area (Å²) in [7, 11) is 2.65. The van der Waals surface area contributed by atoms with Gasteiger partial charge in [-0.15, -0.1) is 0 Å². The van der Waals surface area contributed by atoms with E-state index in [1.807, 2.05) is 18.3 Å². The zero-order valence-corrected chi connectivity index (χ0v) is 15.6. The molecule has 0 fully saturated rings. The molecule has 0 radical (unpaired) electrons. The maximum Gasteiger partial charge on any atom is 0.406 e. The number of aromatic amines is 1. The fourth-order valence-corrected chi connectivity index (χ4v) is 2.84. The first-order chi connectivity index (χ1) is 12.7. The van der Waals surface area contributed by atoms with Crippen LogP contribution in [-0.2, 0) is 11.2 Å². The van der Waals surface area contributed by atoms with Crippen molar-refractivity contribution in [1.82, 2.24) is 20.5 Å². The number of aryl methyl sites for hydroxylation is 1. The van der Waals surface area contributed by atoms with Gasteiger partial charge in [0.2, 0.25) is 5.91 Å². The normalized spacial score (nSPS) is 12.3. The maximum absolute atomic E-state index is 12.3. The van der Waals surface area contributed by atoms with E-state index in [0.29, 0.717) is 17.4 Å². The van der Waals surface area contributed by atoms with Crippen LogP contribution in [0.2, 0.25) is 0 Å². The van der Waals surface area contributed by atoms with Gasteiger partial charge in [-0.2, -0.15) is 13.2 Å². The van der Waals surface area contributed by atoms with Crippen LogP contribution >= 0.6 is 0 Å². The van der Waals surface area contributed by atoms with E-state index in [4.69, 9.17) is 0 Å². The smallest absolute Gasteiger partial charge is 0.361 e. The Kier molecular flexibility index (Phi) is 6.70. The number of hydrogen-bond acceptors (Lipinski definition) is 2. The summed E-state index contributed by atoms with van der Waals surface area (Å²) in [4.78, 5) is 19.6. The third-order valence-electron chi connectivity index (χ3n) is 4.16. The van der Waals surface area contributed by atoms with Crippen LogP contribution in [0, 0.1) is 6.92 Å². The molecule has 1 aromatic carbocycles. The van der Waals surface area contributed by atoms with E-state index in [-0.39, 0.29) is 6.54 Å². The van der Waals surface area contributed by atoms with Crippen molar-refractivity contribution in [3.63, 3.8) is 0 Å². The zero-order valence-electron chi connectivity index (χ0n) is 15.6. The Morgan fingerprint density at radius 2 is 2.04 bits per heavy atom. The van der Waals surface area contributed by atoms with E-state index in [1.165, 1.54) is 18.0 Å². The van der Waals surface area contributed by atoms with Crippen LogP contribution in [0.3, 0.4) is 0 Å². The largest absolute Gasteiger partial charge is 0.406 e. The number of amides is 1. The molecule has 2 aromatic rings. The molecule has 0 aliphatic rings. The molecule has 6 nitrogen and oxygen atoms in total. The fraction of sp³-hybridized carbons (Fsp3) is 0.444. The van der Waals surface area contributed by atoms with E-state index >= 15 is 0 Å². The Bertz CT molecular complexity index is 813. The number of aliphatic imine (C=N–C) groups is 1. The van der Waals surface area contributed by atoms with Gasteiger partial charge >= 0.3 is 6.18 Å². The Labute approximate surface area is 155 Å². The molecule has 1 amide bonds. The summed E-state index contributed by atoms with van der Waals surface area (Å²) in [6, 6.07) is 6.06. The highest BCUT2D eigenvalue weighted by atomic mass is 19.4. The van der Waals surface area contributed by atoms with Gasteiger partial charge in [0.05, 0.1) is 6.54 Å². The Balaban J connectivity index is 1.83. The first-order valence-electron chi connectivity index (χ1n) is 8.52. The predicted molar refractivity (Wildman–Crippen MR) is 99.8 cm³/mol. The molecule has 3 N–H and O–H groups in total. The number of nitrogens with zero attached hydrogens (tertiary/aromatic N) is 2. The van der Waals surface area contributed by atoms with E-state index in [0.717, 1.165) is 24.5 Å². The quantitative estimate of drug-likeness (QED) is 0.529. The molecule has 0 atom stereocenters. The topological polar surface area (TPSA) is 72.5 Å². The van der Waals surface area contributed by atoms with Crippen molar-refractivity contribution in [2.24, 2.45) is 4.99 Å². The van der Waals surface area contributed by atoms with E-state index in [1.54, 1.807) is 0 Å². The van der Waals surface area contributed by atoms with Crippen LogP contribution < -0.4 is 10.6 Å². The van der Waals surface area contributed by atoms with E-state index < -0.39 is 18.6 Å². The summed E-state index contributed by atoms with van der Waals surface area (Å²) in [5.41, 5.74) is 3.42. The van der Waals surface area contributed by atoms with Crippen LogP contribution in [0.4, 0.5) is 13.2 Å². The van der Waals surface area contributed by atoms with Gasteiger partial charge in [0.25, 0.3) is 0 Å². The minimum Gasteiger partial charge on any atom is -0.361 e. The van der Waals surface area contributed by atoms with Gasteiger partial charge in [-0.05, 0) is 30.5 Å². The summed E-state index contributed by atoms with van der Waals surface area (Å²) in [6.45, 7) is 1.07. The van der Waals surface area contributed by atoms with Gasteiger partial charge in [0.1, 0.15) is 6.54 Å². The molecular formula is C18H24F3N5O. The van der Waals surface area contributed by atoms with Crippen molar-refractivity contribution in [3.8, 4) is 0 Å². The van der Waals surface area contributed by atoms with Crippen molar-refractivity contribution in [1.29, 1.82) is 0 Å². The summed E-state index contributed by atoms with van der Waals surface area (Å²) in [5, 5.41) is 6.99. The third kappa shape index (κ3) is 5.90. The average molecular weight is 383 g/mol. The zero-order chi connectivity index (χ0) is 20.0. The summed E-state index contributed by atoms with van der Waals surface area (Å²) < 4.78 is 37.0. The Hall–Kier alpha value is -2.71. The number of rotatable bonds is 6. The van der Waals surface area contributed by atoms with E-state index in [2.05, 4.69) is 33.6 Å². The Morgan fingerprint density at radius 1 is 1.30 bits per heavy atom. The minimum absolute atomic E-state index is 0.265. The number of alkyl halides is 3. The van der Waals surface area contributed by atoms with Gasteiger partial charge in [0.15, 0.2) is 5.96 Å². The molecular weight excluding hydrogens is 359 g/mol. The molecule has 1 aromatic heterocycles. The molecule has 1 heterocycles. The first-order valence-corrected chi connectivity index (χ1v) is 8.52. The van der Waals surface area contributed by atoms with Gasteiger partial charge in [-0.25, -0.2) is 0 Å². The highest BCUT2D eigenvalue weighted by Gasteiger charge is 2.31. The SMILES string of the molecule is CN=C(NCCc1c[nH]c2cccc(C)c12)NCC(=O)N(C)CC(F)(F)F. The first kappa shape index (κ1) is 20.6. The molecule has 0 aliphatic carbocycles. The molecule has 0 spiro atoms. The monoisotopic (exact) mass is 383 g/mol. The summed E-state index contributed by atoms with van der Waals surface area (Å²) in [5.74, 6) is -0.303. The lowest BCUT2D eigenvalue weighted by Gasteiger charge is -2.20. The fourth-order valence-electron chi connectivity index (χ4n) is 2.84. The molecule has 27 heavy (non-hydrogen) atoms. The second-order valence-corrected chi connectivity index (χ2v) is 6.28.